The Hall–Kier alpha value is -4.56. The van der Waals surface area contributed by atoms with Crippen LogP contribution in [0.1, 0.15) is 158 Å². The summed E-state index contributed by atoms with van der Waals surface area (Å²) in [5.74, 6) is 0.125. The van der Waals surface area contributed by atoms with Crippen molar-refractivity contribution in [2.24, 2.45) is 0 Å². The standard InChI is InChI=1S/C60H72O6S6/c1-55(2,3)31-19-37-49(61)38(20-31)68-40-22-33(57(7,8)9)24-42(51(40)63)70-44-26-35(59(13,14)15)28-46(53(44)65)72-48-30-36(60(16,17)18)29-47(54(48)66)71-45-27-34(58(10,11)12)25-43(52(45)64)69-41-23-32(56(4,5)6)21-39(67-37)50(41)62/h19-30,61-66H,1-18H3. The first-order valence-electron chi connectivity index (χ1n) is 24.2. The lowest BCUT2D eigenvalue weighted by atomic mass is 9.87. The molecule has 1 aromatic heterocycles. The van der Waals surface area contributed by atoms with E-state index in [0.717, 1.165) is 33.4 Å². The van der Waals surface area contributed by atoms with Crippen molar-refractivity contribution in [2.75, 3.05) is 0 Å². The topological polar surface area (TPSA) is 121 Å². The van der Waals surface area contributed by atoms with E-state index in [1.165, 1.54) is 68.0 Å². The van der Waals surface area contributed by atoms with Crippen molar-refractivity contribution in [3.63, 3.8) is 0 Å². The number of hydrogen-bond donors (Lipinski definition) is 6. The van der Waals surface area contributed by atoms with Gasteiger partial charge in [0, 0.05) is 0 Å². The lowest BCUT2D eigenvalue weighted by Gasteiger charge is -2.21. The fraction of sp³-hybridized carbons (Fsp3) is 0.400. The quantitative estimate of drug-likeness (QED) is 0.0900. The third-order valence-corrected chi connectivity index (χ3v) is 19.1. The van der Waals surface area contributed by atoms with E-state index >= 15 is 0 Å². The van der Waals surface area contributed by atoms with Crippen LogP contribution in [0.2, 0.25) is 0 Å². The third kappa shape index (κ3) is 11.8. The maximum atomic E-state index is 12.4. The van der Waals surface area contributed by atoms with Gasteiger partial charge in [-0.3, -0.25) is 0 Å². The molecule has 0 fully saturated rings. The Balaban J connectivity index is 1.86. The van der Waals surface area contributed by atoms with Crippen molar-refractivity contribution in [1.29, 1.82) is 0 Å². The maximum absolute atomic E-state index is 12.4. The van der Waals surface area contributed by atoms with Gasteiger partial charge >= 0.3 is 0 Å². The lowest BCUT2D eigenvalue weighted by Crippen LogP contribution is -2.10. The van der Waals surface area contributed by atoms with Gasteiger partial charge < -0.3 is 30.6 Å². The van der Waals surface area contributed by atoms with Gasteiger partial charge in [0.05, 0.1) is 56.4 Å². The van der Waals surface area contributed by atoms with Crippen molar-refractivity contribution in [2.45, 2.75) is 157 Å². The Morgan fingerprint density at radius 1 is 0.194 bits per heavy atom. The Morgan fingerprint density at radius 2 is 0.278 bits per heavy atom. The fourth-order valence-electron chi connectivity index (χ4n) is 7.74. The van der Waals surface area contributed by atoms with E-state index in [1.807, 2.05) is 72.8 Å². The Labute approximate surface area is 449 Å². The molecule has 72 heavy (non-hydrogen) atoms. The second-order valence-electron chi connectivity index (χ2n) is 25.0. The van der Waals surface area contributed by atoms with Gasteiger partial charge in [0.15, 0.2) is 0 Å². The van der Waals surface area contributed by atoms with Gasteiger partial charge in [-0.1, -0.05) is 125 Å². The number of fused-ring (bicyclic) bond motifs is 12. The van der Waals surface area contributed by atoms with Gasteiger partial charge in [-0.05, 0) is 139 Å². The summed E-state index contributed by atoms with van der Waals surface area (Å²) in [4.78, 5) is 0. The maximum Gasteiger partial charge on any atom is 0.149 e. The molecule has 0 saturated heterocycles. The van der Waals surface area contributed by atoms with Crippen LogP contribution >= 0.6 is 68.0 Å². The first-order valence-corrected chi connectivity index (χ1v) is 29.1. The summed E-state index contributed by atoms with van der Waals surface area (Å²) in [5.41, 5.74) is 3.74. The Morgan fingerprint density at radius 3 is 0.347 bits per heavy atom. The second-order valence-corrected chi connectivity index (χ2v) is 31.5. The number of phenolic OH excluding ortho intramolecular Hbond substituents is 6. The molecule has 6 N–H and O–H groups in total. The van der Waals surface area contributed by atoms with Gasteiger partial charge in [0.2, 0.25) is 0 Å². The summed E-state index contributed by atoms with van der Waals surface area (Å²) >= 11 is 7.70. The molecule has 0 amide bonds. The highest BCUT2D eigenvalue weighted by Crippen LogP contribution is 2.48. The Kier molecular flexibility index (Phi) is 14.8. The van der Waals surface area contributed by atoms with E-state index in [9.17, 15) is 30.6 Å². The van der Waals surface area contributed by atoms with Crippen LogP contribution in [0.15, 0.2) is 72.8 Å². The average Bonchev–Trinajstić information content (AvgIpc) is 3.23. The summed E-state index contributed by atoms with van der Waals surface area (Å²) in [6.07, 6.45) is 0. The molecule has 12 bridgehead atoms. The number of rotatable bonds is 0. The zero-order valence-corrected chi connectivity index (χ0v) is 50.0. The van der Waals surface area contributed by atoms with Crippen LogP contribution in [0.3, 0.4) is 0 Å². The molecule has 0 unspecified atom stereocenters. The molecule has 12 heteroatoms. The van der Waals surface area contributed by atoms with Crippen LogP contribution in [-0.4, -0.2) is 30.6 Å². The van der Waals surface area contributed by atoms with Gasteiger partial charge in [-0.25, -0.2) is 0 Å². The van der Waals surface area contributed by atoms with E-state index in [-0.39, 0.29) is 67.0 Å². The van der Waals surface area contributed by atoms with Gasteiger partial charge in [-0.15, -0.1) is 68.0 Å². The number of aromatic hydroxyl groups is 6. The molecule has 1 heterocycles. The monoisotopic (exact) mass is 1080 g/mol. The highest BCUT2D eigenvalue weighted by atomic mass is 32.1. The molecule has 0 spiro atoms. The molecular weight excluding hydrogens is 1010 g/mol. The summed E-state index contributed by atoms with van der Waals surface area (Å²) in [6.45, 7) is 38.2. The lowest BCUT2D eigenvalue weighted by molar-refractivity contribution is 0.487. The van der Waals surface area contributed by atoms with Crippen LogP contribution in [0.4, 0.5) is 0 Å². The fourth-order valence-corrected chi connectivity index (χ4v) is 14.3. The van der Waals surface area contributed by atoms with Crippen molar-refractivity contribution in [3.8, 4) is 34.5 Å². The average molecular weight is 1080 g/mol. The van der Waals surface area contributed by atoms with Crippen LogP contribution in [0.25, 0.3) is 56.4 Å². The van der Waals surface area contributed by atoms with E-state index in [1.54, 1.807) is 0 Å². The summed E-state index contributed by atoms with van der Waals surface area (Å²) in [6, 6.07) is 23.8. The smallest absolute Gasteiger partial charge is 0.149 e. The summed E-state index contributed by atoms with van der Waals surface area (Å²) < 4.78 is 6.50. The number of hydrogen-bond acceptors (Lipinski definition) is 12. The number of phenols is 6. The van der Waals surface area contributed by atoms with E-state index < -0.39 is 0 Å². The van der Waals surface area contributed by atoms with E-state index in [0.29, 0.717) is 56.4 Å². The van der Waals surface area contributed by atoms with Crippen molar-refractivity contribution < 1.29 is 30.6 Å². The molecule has 0 aliphatic rings. The summed E-state index contributed by atoms with van der Waals surface area (Å²) in [5, 5.41) is 74.5. The third-order valence-electron chi connectivity index (χ3n) is 12.8. The molecule has 0 aliphatic heterocycles. The molecule has 0 aliphatic carbocycles. The molecule has 0 saturated carbocycles. The molecular formula is C60H72O6S6. The zero-order chi connectivity index (χ0) is 53.6. The summed E-state index contributed by atoms with van der Waals surface area (Å²) in [7, 11) is 0. The van der Waals surface area contributed by atoms with E-state index in [4.69, 9.17) is 0 Å². The van der Waals surface area contributed by atoms with E-state index in [2.05, 4.69) is 125 Å². The van der Waals surface area contributed by atoms with Crippen LogP contribution < -0.4 is 0 Å². The van der Waals surface area contributed by atoms with Gasteiger partial charge in [0.25, 0.3) is 0 Å². The molecule has 7 aromatic rings. The Bertz CT molecular complexity index is 2820. The minimum Gasteiger partial charge on any atom is -0.505 e. The first-order chi connectivity index (χ1) is 32.9. The molecule has 6 nitrogen and oxygen atoms in total. The highest BCUT2D eigenvalue weighted by molar-refractivity contribution is 7.28. The minimum atomic E-state index is -0.338. The van der Waals surface area contributed by atoms with Crippen molar-refractivity contribution >= 4 is 124 Å². The van der Waals surface area contributed by atoms with Crippen LogP contribution in [-0.2, 0) is 32.5 Å². The first kappa shape index (κ1) is 55.2. The van der Waals surface area contributed by atoms with Crippen molar-refractivity contribution in [3.05, 3.63) is 106 Å². The molecule has 7 rings (SSSR count). The predicted molar refractivity (Wildman–Crippen MR) is 320 cm³/mol. The number of benzene rings is 6. The normalized spacial score (nSPS) is 12.9. The molecule has 0 radical (unpaired) electrons. The van der Waals surface area contributed by atoms with Crippen molar-refractivity contribution in [1.82, 2.24) is 0 Å². The molecule has 6 aromatic carbocycles. The van der Waals surface area contributed by atoms with Gasteiger partial charge in [0.1, 0.15) is 34.5 Å². The van der Waals surface area contributed by atoms with Crippen LogP contribution in [0.5, 0.6) is 34.5 Å². The predicted octanol–water partition coefficient (Wildman–Crippen LogP) is 20.1. The van der Waals surface area contributed by atoms with Crippen LogP contribution in [0, 0.1) is 0 Å². The SMILES string of the molecule is CC(C)(C)c1cc2sc3cc(C(C)(C)C)cc(sc4cc(C(C)(C)C)cc(sc5cc(C(C)(C)C)cc(sc6cc(C(C)(C)C)cc(sc7cc(C(C)(C)C)cc(sc(c1)c2O)c7O)c6O)c5O)c4O)c3O. The largest absolute Gasteiger partial charge is 0.505 e. The zero-order valence-electron chi connectivity index (χ0n) is 45.1. The molecule has 384 valence electrons. The highest BCUT2D eigenvalue weighted by Gasteiger charge is 2.24. The minimum absolute atomic E-state index is 0.0208. The molecule has 0 atom stereocenters. The van der Waals surface area contributed by atoms with Gasteiger partial charge in [-0.2, -0.15) is 0 Å². The second kappa shape index (κ2) is 19.3.